The standard InChI is InChI=1S/C24H22ClN3O3S/c1-3-31-24(30)21-15(2)27-23(32-14-20(29)28-16-9-5-4-6-10-16)18(13-26)22(21)17-11-7-8-12-19(17)25/h4-12,22,27H,3,14H2,1-2H3,(H,28,29)/t22-/m1/s1. The molecule has 0 spiro atoms. The molecule has 3 rings (SSSR count). The van der Waals surface area contributed by atoms with E-state index in [1.807, 2.05) is 18.2 Å². The topological polar surface area (TPSA) is 91.2 Å². The SMILES string of the molecule is CCOC(=O)C1=C(C)NC(SCC(=O)Nc2ccccc2)=C(C#N)[C@H]1c1ccccc1Cl. The van der Waals surface area contributed by atoms with E-state index in [1.165, 1.54) is 11.8 Å². The summed E-state index contributed by atoms with van der Waals surface area (Å²) >= 11 is 7.64. The van der Waals surface area contributed by atoms with Gasteiger partial charge in [-0.2, -0.15) is 5.26 Å². The molecule has 1 aliphatic heterocycles. The van der Waals surface area contributed by atoms with Crippen molar-refractivity contribution in [1.82, 2.24) is 5.32 Å². The van der Waals surface area contributed by atoms with Gasteiger partial charge in [0.15, 0.2) is 0 Å². The Morgan fingerprint density at radius 2 is 1.88 bits per heavy atom. The molecule has 1 amide bonds. The summed E-state index contributed by atoms with van der Waals surface area (Å²) in [6.07, 6.45) is 0. The summed E-state index contributed by atoms with van der Waals surface area (Å²) in [5.74, 6) is -1.34. The maximum Gasteiger partial charge on any atom is 0.336 e. The van der Waals surface area contributed by atoms with Crippen molar-refractivity contribution >= 4 is 40.9 Å². The molecule has 32 heavy (non-hydrogen) atoms. The van der Waals surface area contributed by atoms with E-state index in [0.717, 1.165) is 0 Å². The second kappa shape index (κ2) is 10.9. The number of hydrogen-bond donors (Lipinski definition) is 2. The average Bonchev–Trinajstić information content (AvgIpc) is 2.78. The van der Waals surface area contributed by atoms with Gasteiger partial charge in [0.2, 0.25) is 5.91 Å². The fraction of sp³-hybridized carbons (Fsp3) is 0.208. The first-order valence-corrected chi connectivity index (χ1v) is 11.3. The van der Waals surface area contributed by atoms with Gasteiger partial charge in [-0.15, -0.1) is 0 Å². The van der Waals surface area contributed by atoms with E-state index in [4.69, 9.17) is 16.3 Å². The van der Waals surface area contributed by atoms with E-state index >= 15 is 0 Å². The zero-order valence-electron chi connectivity index (χ0n) is 17.6. The van der Waals surface area contributed by atoms with Gasteiger partial charge in [0, 0.05) is 16.4 Å². The van der Waals surface area contributed by atoms with Crippen molar-refractivity contribution in [3.05, 3.63) is 87.1 Å². The zero-order valence-corrected chi connectivity index (χ0v) is 19.2. The summed E-state index contributed by atoms with van der Waals surface area (Å²) < 4.78 is 5.25. The number of ether oxygens (including phenoxy) is 1. The molecule has 1 aliphatic rings. The average molecular weight is 468 g/mol. The van der Waals surface area contributed by atoms with E-state index < -0.39 is 11.9 Å². The van der Waals surface area contributed by atoms with Crippen LogP contribution in [-0.2, 0) is 14.3 Å². The van der Waals surface area contributed by atoms with Gasteiger partial charge in [-0.1, -0.05) is 59.8 Å². The first kappa shape index (κ1) is 23.5. The van der Waals surface area contributed by atoms with Gasteiger partial charge in [-0.25, -0.2) is 4.79 Å². The number of nitriles is 1. The number of allylic oxidation sites excluding steroid dienone is 2. The molecular formula is C24H22ClN3O3S. The Morgan fingerprint density at radius 3 is 2.53 bits per heavy atom. The summed E-state index contributed by atoms with van der Waals surface area (Å²) in [7, 11) is 0. The number of nitrogens with zero attached hydrogens (tertiary/aromatic N) is 1. The Labute approximate surface area is 196 Å². The van der Waals surface area contributed by atoms with Crippen LogP contribution in [0, 0.1) is 11.3 Å². The molecule has 1 heterocycles. The number of dihydropyridines is 1. The lowest BCUT2D eigenvalue weighted by atomic mass is 9.82. The van der Waals surface area contributed by atoms with Crippen molar-refractivity contribution in [3.63, 3.8) is 0 Å². The molecule has 0 aliphatic carbocycles. The number of anilines is 1. The number of benzene rings is 2. The fourth-order valence-electron chi connectivity index (χ4n) is 3.38. The van der Waals surface area contributed by atoms with Crippen molar-refractivity contribution in [2.75, 3.05) is 17.7 Å². The van der Waals surface area contributed by atoms with Gasteiger partial charge < -0.3 is 15.4 Å². The molecular weight excluding hydrogens is 446 g/mol. The number of para-hydroxylation sites is 1. The second-order valence-corrected chi connectivity index (χ2v) is 8.29. The molecule has 0 aromatic heterocycles. The summed E-state index contributed by atoms with van der Waals surface area (Å²) in [4.78, 5) is 25.2. The van der Waals surface area contributed by atoms with Gasteiger partial charge in [-0.3, -0.25) is 4.79 Å². The van der Waals surface area contributed by atoms with E-state index in [2.05, 4.69) is 16.7 Å². The molecule has 0 saturated heterocycles. The van der Waals surface area contributed by atoms with Gasteiger partial charge >= 0.3 is 5.97 Å². The van der Waals surface area contributed by atoms with Crippen LogP contribution in [0.1, 0.15) is 25.3 Å². The van der Waals surface area contributed by atoms with Crippen LogP contribution in [-0.4, -0.2) is 24.2 Å². The van der Waals surface area contributed by atoms with Crippen molar-refractivity contribution < 1.29 is 14.3 Å². The maximum atomic E-state index is 12.8. The van der Waals surface area contributed by atoms with Gasteiger partial charge in [0.05, 0.1) is 40.5 Å². The van der Waals surface area contributed by atoms with Crippen LogP contribution in [0.2, 0.25) is 5.02 Å². The number of nitrogens with one attached hydrogen (secondary N) is 2. The maximum absolute atomic E-state index is 12.8. The molecule has 0 radical (unpaired) electrons. The quantitative estimate of drug-likeness (QED) is 0.558. The number of amides is 1. The predicted molar refractivity (Wildman–Crippen MR) is 127 cm³/mol. The number of rotatable bonds is 7. The van der Waals surface area contributed by atoms with Crippen molar-refractivity contribution in [2.24, 2.45) is 0 Å². The van der Waals surface area contributed by atoms with Crippen LogP contribution in [0.3, 0.4) is 0 Å². The molecule has 0 fully saturated rings. The van der Waals surface area contributed by atoms with Crippen LogP contribution in [0.5, 0.6) is 0 Å². The highest BCUT2D eigenvalue weighted by atomic mass is 35.5. The summed E-state index contributed by atoms with van der Waals surface area (Å²) in [6, 6.07) is 18.4. The molecule has 2 aromatic carbocycles. The van der Waals surface area contributed by atoms with Crippen LogP contribution in [0.25, 0.3) is 0 Å². The minimum atomic E-state index is -0.700. The van der Waals surface area contributed by atoms with Crippen molar-refractivity contribution in [1.29, 1.82) is 5.26 Å². The van der Waals surface area contributed by atoms with Gasteiger partial charge in [0.1, 0.15) is 0 Å². The lowest BCUT2D eigenvalue weighted by molar-refractivity contribution is -0.138. The lowest BCUT2D eigenvalue weighted by Gasteiger charge is -2.29. The molecule has 0 unspecified atom stereocenters. The molecule has 0 bridgehead atoms. The number of thioether (sulfide) groups is 1. The molecule has 1 atom stereocenters. The number of carbonyl (C=O) groups is 2. The number of hydrogen-bond acceptors (Lipinski definition) is 6. The molecule has 2 N–H and O–H groups in total. The Balaban J connectivity index is 1.93. The van der Waals surface area contributed by atoms with E-state index in [0.29, 0.717) is 38.1 Å². The minimum Gasteiger partial charge on any atom is -0.463 e. The highest BCUT2D eigenvalue weighted by molar-refractivity contribution is 8.03. The third kappa shape index (κ3) is 5.34. The Bertz CT molecular complexity index is 1120. The monoisotopic (exact) mass is 467 g/mol. The number of carbonyl (C=O) groups excluding carboxylic acids is 2. The Kier molecular flexibility index (Phi) is 7.98. The summed E-state index contributed by atoms with van der Waals surface area (Å²) in [6.45, 7) is 3.68. The number of esters is 1. The third-order valence-corrected chi connectivity index (χ3v) is 6.13. The van der Waals surface area contributed by atoms with Crippen molar-refractivity contribution in [2.45, 2.75) is 19.8 Å². The minimum absolute atomic E-state index is 0.0830. The van der Waals surface area contributed by atoms with Crippen molar-refractivity contribution in [3.8, 4) is 6.07 Å². The molecule has 6 nitrogen and oxygen atoms in total. The summed E-state index contributed by atoms with van der Waals surface area (Å²) in [5.41, 5.74) is 2.51. The first-order chi connectivity index (χ1) is 15.5. The van der Waals surface area contributed by atoms with Gasteiger partial charge in [0.25, 0.3) is 0 Å². The van der Waals surface area contributed by atoms with Crippen LogP contribution in [0.15, 0.2) is 76.5 Å². The molecule has 8 heteroatoms. The van der Waals surface area contributed by atoms with Crippen LogP contribution in [0.4, 0.5) is 5.69 Å². The Hall–Kier alpha value is -3.21. The normalized spacial score (nSPS) is 15.6. The predicted octanol–water partition coefficient (Wildman–Crippen LogP) is 4.97. The van der Waals surface area contributed by atoms with E-state index in [1.54, 1.807) is 50.2 Å². The molecule has 2 aromatic rings. The fourth-order valence-corrected chi connectivity index (χ4v) is 4.52. The lowest BCUT2D eigenvalue weighted by Crippen LogP contribution is -2.29. The first-order valence-electron chi connectivity index (χ1n) is 9.97. The molecule has 164 valence electrons. The summed E-state index contributed by atoms with van der Waals surface area (Å²) in [5, 5.41) is 16.9. The smallest absolute Gasteiger partial charge is 0.336 e. The molecule has 0 saturated carbocycles. The largest absolute Gasteiger partial charge is 0.463 e. The number of halogens is 1. The Morgan fingerprint density at radius 1 is 1.19 bits per heavy atom. The third-order valence-electron chi connectivity index (χ3n) is 4.76. The highest BCUT2D eigenvalue weighted by Crippen LogP contribution is 2.43. The van der Waals surface area contributed by atoms with E-state index in [9.17, 15) is 14.9 Å². The van der Waals surface area contributed by atoms with Crippen LogP contribution < -0.4 is 10.6 Å². The zero-order chi connectivity index (χ0) is 23.1. The van der Waals surface area contributed by atoms with E-state index in [-0.39, 0.29) is 18.3 Å². The second-order valence-electron chi connectivity index (χ2n) is 6.90. The highest BCUT2D eigenvalue weighted by Gasteiger charge is 2.36. The van der Waals surface area contributed by atoms with Gasteiger partial charge in [-0.05, 0) is 37.6 Å². The van der Waals surface area contributed by atoms with Crippen LogP contribution >= 0.6 is 23.4 Å².